The lowest BCUT2D eigenvalue weighted by atomic mass is 10.1. The molecular formula is C23H26N2O4. The summed E-state index contributed by atoms with van der Waals surface area (Å²) in [5.41, 5.74) is 1.65. The van der Waals surface area contributed by atoms with Crippen molar-refractivity contribution in [3.63, 3.8) is 0 Å². The molecule has 0 unspecified atom stereocenters. The van der Waals surface area contributed by atoms with Crippen LogP contribution in [0.3, 0.4) is 0 Å². The van der Waals surface area contributed by atoms with E-state index in [9.17, 15) is 5.11 Å². The molecule has 1 N–H and O–H groups in total. The van der Waals surface area contributed by atoms with Gasteiger partial charge in [0, 0.05) is 43.2 Å². The van der Waals surface area contributed by atoms with Crippen LogP contribution in [0, 0.1) is 0 Å². The summed E-state index contributed by atoms with van der Waals surface area (Å²) in [7, 11) is 1.65. The molecule has 0 spiro atoms. The number of nitrogens with zero attached hydrogens (tertiary/aromatic N) is 2. The molecule has 3 aromatic rings. The first-order chi connectivity index (χ1) is 14.2. The fraction of sp³-hybridized carbons (Fsp3) is 0.348. The maximum atomic E-state index is 9.92. The number of morpholine rings is 1. The molecule has 152 valence electrons. The minimum absolute atomic E-state index is 0.203. The zero-order valence-electron chi connectivity index (χ0n) is 16.6. The maximum Gasteiger partial charge on any atom is 0.137 e. The van der Waals surface area contributed by atoms with Crippen molar-refractivity contribution < 1.29 is 19.0 Å². The molecule has 1 aromatic heterocycles. The van der Waals surface area contributed by atoms with Crippen LogP contribution in [-0.2, 0) is 4.74 Å². The van der Waals surface area contributed by atoms with E-state index in [0.717, 1.165) is 67.1 Å². The van der Waals surface area contributed by atoms with Crippen LogP contribution in [0.15, 0.2) is 57.9 Å². The van der Waals surface area contributed by atoms with Gasteiger partial charge < -0.3 is 19.0 Å². The van der Waals surface area contributed by atoms with Gasteiger partial charge in [0.2, 0.25) is 0 Å². The van der Waals surface area contributed by atoms with Gasteiger partial charge in [0.1, 0.15) is 22.8 Å². The molecule has 1 aliphatic heterocycles. The molecule has 29 heavy (non-hydrogen) atoms. The van der Waals surface area contributed by atoms with Gasteiger partial charge in [-0.05, 0) is 48.9 Å². The van der Waals surface area contributed by atoms with E-state index in [1.54, 1.807) is 25.3 Å². The van der Waals surface area contributed by atoms with Crippen molar-refractivity contribution in [3.05, 3.63) is 53.9 Å². The molecule has 1 fully saturated rings. The second kappa shape index (κ2) is 9.11. The molecule has 2 heterocycles. The van der Waals surface area contributed by atoms with Gasteiger partial charge in [-0.25, -0.2) is 0 Å². The molecule has 0 saturated carbocycles. The zero-order chi connectivity index (χ0) is 20.1. The smallest absolute Gasteiger partial charge is 0.137 e. The highest BCUT2D eigenvalue weighted by Crippen LogP contribution is 2.25. The summed E-state index contributed by atoms with van der Waals surface area (Å²) in [5.74, 6) is 1.74. The summed E-state index contributed by atoms with van der Waals surface area (Å²) < 4.78 is 16.7. The predicted molar refractivity (Wildman–Crippen MR) is 112 cm³/mol. The van der Waals surface area contributed by atoms with Crippen molar-refractivity contribution in [2.75, 3.05) is 46.5 Å². The minimum atomic E-state index is 0.203. The van der Waals surface area contributed by atoms with Crippen LogP contribution in [0.25, 0.3) is 22.3 Å². The Hall–Kier alpha value is -2.83. The zero-order valence-corrected chi connectivity index (χ0v) is 16.6. The highest BCUT2D eigenvalue weighted by atomic mass is 16.5. The van der Waals surface area contributed by atoms with Gasteiger partial charge in [0.05, 0.1) is 25.7 Å². The third kappa shape index (κ3) is 4.78. The number of ether oxygens (including phenoxy) is 2. The van der Waals surface area contributed by atoms with E-state index in [4.69, 9.17) is 18.9 Å². The summed E-state index contributed by atoms with van der Waals surface area (Å²) >= 11 is 0. The second-order valence-electron chi connectivity index (χ2n) is 7.09. The molecule has 6 heteroatoms. The van der Waals surface area contributed by atoms with Gasteiger partial charge in [0.15, 0.2) is 0 Å². The van der Waals surface area contributed by atoms with Crippen LogP contribution in [0.5, 0.6) is 11.5 Å². The molecule has 0 radical (unpaired) electrons. The van der Waals surface area contributed by atoms with Crippen molar-refractivity contribution in [2.45, 2.75) is 6.42 Å². The lowest BCUT2D eigenvalue weighted by Crippen LogP contribution is -2.37. The molecule has 1 saturated heterocycles. The summed E-state index contributed by atoms with van der Waals surface area (Å²) in [6.07, 6.45) is 0.976. The van der Waals surface area contributed by atoms with Gasteiger partial charge in [-0.2, -0.15) is 0 Å². The molecule has 6 nitrogen and oxygen atoms in total. The quantitative estimate of drug-likeness (QED) is 0.649. The Bertz CT molecular complexity index is 1020. The minimum Gasteiger partial charge on any atom is -0.508 e. The Morgan fingerprint density at radius 3 is 2.62 bits per heavy atom. The first kappa shape index (κ1) is 19.5. The van der Waals surface area contributed by atoms with Gasteiger partial charge >= 0.3 is 0 Å². The molecule has 0 bridgehead atoms. The number of aromatic hydroxyl groups is 1. The lowest BCUT2D eigenvalue weighted by molar-refractivity contribution is 0.0377. The number of hydrogen-bond acceptors (Lipinski definition) is 6. The second-order valence-corrected chi connectivity index (χ2v) is 7.09. The molecule has 0 atom stereocenters. The Morgan fingerprint density at radius 1 is 1.07 bits per heavy atom. The Labute approximate surface area is 170 Å². The van der Waals surface area contributed by atoms with Crippen molar-refractivity contribution in [1.82, 2.24) is 4.90 Å². The topological polar surface area (TPSA) is 67.4 Å². The standard InChI is InChI=1S/C23H26N2O4/c1-27-19-6-3-17(4-7-19)23-16-21(20-15-18(26)5-8-22(20)29-23)24-9-2-10-25-11-13-28-14-12-25/h3-8,15-16,26H,2,9-14H2,1H3. The number of benzene rings is 2. The number of rotatable bonds is 6. The van der Waals surface area contributed by atoms with E-state index < -0.39 is 0 Å². The summed E-state index contributed by atoms with van der Waals surface area (Å²) in [6, 6.07) is 14.8. The van der Waals surface area contributed by atoms with Gasteiger partial charge in [-0.3, -0.25) is 9.89 Å². The average molecular weight is 394 g/mol. The van der Waals surface area contributed by atoms with E-state index in [0.29, 0.717) is 12.1 Å². The molecular weight excluding hydrogens is 368 g/mol. The predicted octanol–water partition coefficient (Wildman–Crippen LogP) is 3.44. The highest BCUT2D eigenvalue weighted by Gasteiger charge is 2.10. The van der Waals surface area contributed by atoms with Crippen LogP contribution < -0.4 is 10.1 Å². The monoisotopic (exact) mass is 394 g/mol. The largest absolute Gasteiger partial charge is 0.508 e. The van der Waals surface area contributed by atoms with Crippen LogP contribution in [-0.4, -0.2) is 56.5 Å². The number of phenols is 1. The highest BCUT2D eigenvalue weighted by molar-refractivity contribution is 5.80. The number of hydrogen-bond donors (Lipinski definition) is 1. The van der Waals surface area contributed by atoms with Crippen LogP contribution in [0.2, 0.25) is 0 Å². The third-order valence-corrected chi connectivity index (χ3v) is 5.12. The van der Waals surface area contributed by atoms with E-state index in [1.807, 2.05) is 30.3 Å². The fourth-order valence-electron chi connectivity index (χ4n) is 3.50. The molecule has 0 amide bonds. The van der Waals surface area contributed by atoms with Gasteiger partial charge in [-0.15, -0.1) is 0 Å². The maximum absolute atomic E-state index is 9.92. The molecule has 0 aliphatic carbocycles. The first-order valence-corrected chi connectivity index (χ1v) is 9.95. The number of phenolic OH excluding ortho intramolecular Hbond substituents is 1. The summed E-state index contributed by atoms with van der Waals surface area (Å²) in [4.78, 5) is 7.23. The third-order valence-electron chi connectivity index (χ3n) is 5.12. The molecule has 1 aliphatic rings. The van der Waals surface area contributed by atoms with Crippen molar-refractivity contribution >= 4 is 11.0 Å². The van der Waals surface area contributed by atoms with E-state index in [2.05, 4.69) is 4.90 Å². The number of methoxy groups -OCH3 is 1. The fourth-order valence-corrected chi connectivity index (χ4v) is 3.50. The van der Waals surface area contributed by atoms with Gasteiger partial charge in [0.25, 0.3) is 0 Å². The van der Waals surface area contributed by atoms with Crippen molar-refractivity contribution in [1.29, 1.82) is 0 Å². The normalized spacial score (nSPS) is 15.7. The summed E-state index contributed by atoms with van der Waals surface area (Å²) in [5, 5.41) is 11.6. The van der Waals surface area contributed by atoms with E-state index in [-0.39, 0.29) is 5.75 Å². The van der Waals surface area contributed by atoms with Crippen molar-refractivity contribution in [2.24, 2.45) is 4.99 Å². The average Bonchev–Trinajstić information content (AvgIpc) is 2.77. The van der Waals surface area contributed by atoms with Crippen LogP contribution >= 0.6 is 0 Å². The lowest BCUT2D eigenvalue weighted by Gasteiger charge is -2.26. The first-order valence-electron chi connectivity index (χ1n) is 9.95. The summed E-state index contributed by atoms with van der Waals surface area (Å²) in [6.45, 7) is 5.33. The Kier molecular flexibility index (Phi) is 6.12. The van der Waals surface area contributed by atoms with Gasteiger partial charge in [-0.1, -0.05) is 0 Å². The van der Waals surface area contributed by atoms with E-state index >= 15 is 0 Å². The SMILES string of the molecule is COc1ccc(-c2cc(=NCCCN3CCOCC3)c3cc(O)ccc3o2)cc1. The Balaban J connectivity index is 1.61. The number of fused-ring (bicyclic) bond motifs is 1. The van der Waals surface area contributed by atoms with Crippen molar-refractivity contribution in [3.8, 4) is 22.8 Å². The van der Waals surface area contributed by atoms with E-state index in [1.165, 1.54) is 0 Å². The Morgan fingerprint density at radius 2 is 1.86 bits per heavy atom. The molecule has 2 aromatic carbocycles. The molecule has 4 rings (SSSR count). The van der Waals surface area contributed by atoms with Crippen LogP contribution in [0.1, 0.15) is 6.42 Å². The van der Waals surface area contributed by atoms with Crippen LogP contribution in [0.4, 0.5) is 0 Å².